The van der Waals surface area contributed by atoms with Gasteiger partial charge in [0.15, 0.2) is 5.75 Å². The molecule has 0 bridgehead atoms. The van der Waals surface area contributed by atoms with E-state index in [-0.39, 0.29) is 5.91 Å². The smallest absolute Gasteiger partial charge is 0.260 e. The van der Waals surface area contributed by atoms with E-state index >= 15 is 0 Å². The number of nitrogens with zero attached hydrogens (tertiary/aromatic N) is 1. The Hall–Kier alpha value is -2.08. The first kappa shape index (κ1) is 15.3. The molecule has 3 N–H and O–H groups in total. The summed E-state index contributed by atoms with van der Waals surface area (Å²) in [6, 6.07) is 8.64. The summed E-state index contributed by atoms with van der Waals surface area (Å²) in [5.41, 5.74) is 7.48. The lowest BCUT2D eigenvalue weighted by molar-refractivity contribution is 0.102. The molecule has 0 aliphatic carbocycles. The van der Waals surface area contributed by atoms with Crippen molar-refractivity contribution < 1.29 is 9.53 Å². The van der Waals surface area contributed by atoms with Crippen LogP contribution in [0.3, 0.4) is 0 Å². The molecule has 1 aromatic carbocycles. The number of para-hydroxylation sites is 1. The minimum Gasteiger partial charge on any atom is -0.491 e. The summed E-state index contributed by atoms with van der Waals surface area (Å²) in [6.45, 7) is 4.13. The first-order valence-electron chi connectivity index (χ1n) is 6.48. The monoisotopic (exact) mass is 349 g/mol. The van der Waals surface area contributed by atoms with Crippen molar-refractivity contribution in [1.29, 1.82) is 0 Å². The summed E-state index contributed by atoms with van der Waals surface area (Å²) in [5, 5.41) is 2.75. The van der Waals surface area contributed by atoms with Crippen molar-refractivity contribution in [1.82, 2.24) is 4.98 Å². The van der Waals surface area contributed by atoms with Crippen LogP contribution in [0.4, 0.5) is 11.5 Å². The number of halogens is 1. The number of pyridine rings is 1. The van der Waals surface area contributed by atoms with Crippen LogP contribution in [0.2, 0.25) is 0 Å². The Kier molecular flexibility index (Phi) is 4.80. The Bertz CT molecular complexity index is 674. The largest absolute Gasteiger partial charge is 0.491 e. The lowest BCUT2D eigenvalue weighted by Crippen LogP contribution is -2.15. The van der Waals surface area contributed by atoms with Gasteiger partial charge in [-0.3, -0.25) is 4.79 Å². The fourth-order valence-electron chi connectivity index (χ4n) is 1.84. The summed E-state index contributed by atoms with van der Waals surface area (Å²) in [7, 11) is 0. The molecule has 5 nitrogen and oxygen atoms in total. The van der Waals surface area contributed by atoms with E-state index in [4.69, 9.17) is 10.5 Å². The molecule has 6 heteroatoms. The van der Waals surface area contributed by atoms with E-state index in [9.17, 15) is 4.79 Å². The van der Waals surface area contributed by atoms with Gasteiger partial charge in [-0.05, 0) is 54.0 Å². The van der Waals surface area contributed by atoms with Crippen molar-refractivity contribution in [3.05, 3.63) is 46.1 Å². The molecule has 0 aliphatic rings. The number of aryl methyl sites for hydroxylation is 1. The summed E-state index contributed by atoms with van der Waals surface area (Å²) < 4.78 is 6.34. The number of ether oxygens (including phenoxy) is 1. The molecular weight excluding hydrogens is 334 g/mol. The summed E-state index contributed by atoms with van der Waals surface area (Å²) in [6.07, 6.45) is 0. The molecule has 0 radical (unpaired) electrons. The lowest BCUT2D eigenvalue weighted by atomic mass is 10.1. The zero-order chi connectivity index (χ0) is 15.4. The van der Waals surface area contributed by atoms with E-state index in [1.807, 2.05) is 19.9 Å². The van der Waals surface area contributed by atoms with E-state index in [1.165, 1.54) is 0 Å². The van der Waals surface area contributed by atoms with Crippen molar-refractivity contribution in [2.75, 3.05) is 17.7 Å². The Morgan fingerprint density at radius 1 is 1.38 bits per heavy atom. The summed E-state index contributed by atoms with van der Waals surface area (Å²) >= 11 is 3.37. The second-order valence-corrected chi connectivity index (χ2v) is 5.23. The molecule has 2 aromatic rings. The van der Waals surface area contributed by atoms with Crippen LogP contribution in [0.15, 0.2) is 34.8 Å². The number of nitrogens with two attached hydrogens (primary N) is 1. The number of benzene rings is 1. The zero-order valence-corrected chi connectivity index (χ0v) is 13.4. The van der Waals surface area contributed by atoms with Crippen LogP contribution in [0.1, 0.15) is 23.0 Å². The van der Waals surface area contributed by atoms with Gasteiger partial charge in [0.2, 0.25) is 0 Å². The molecule has 0 saturated carbocycles. The minimum absolute atomic E-state index is 0.306. The van der Waals surface area contributed by atoms with Gasteiger partial charge in [-0.2, -0.15) is 0 Å². The Morgan fingerprint density at radius 3 is 2.81 bits per heavy atom. The third kappa shape index (κ3) is 3.52. The molecule has 0 unspecified atom stereocenters. The molecule has 2 rings (SSSR count). The number of amides is 1. The number of nitrogens with one attached hydrogen (secondary N) is 1. The van der Waals surface area contributed by atoms with Gasteiger partial charge >= 0.3 is 0 Å². The number of carbonyl (C=O) groups is 1. The second kappa shape index (κ2) is 6.58. The van der Waals surface area contributed by atoms with Crippen LogP contribution >= 0.6 is 15.9 Å². The molecule has 21 heavy (non-hydrogen) atoms. The molecule has 1 amide bonds. The van der Waals surface area contributed by atoms with Gasteiger partial charge in [-0.1, -0.05) is 6.07 Å². The maximum Gasteiger partial charge on any atom is 0.260 e. The average molecular weight is 350 g/mol. The normalized spacial score (nSPS) is 10.2. The maximum absolute atomic E-state index is 12.4. The third-order valence-electron chi connectivity index (χ3n) is 2.84. The number of carbonyl (C=O) groups excluding carboxylic acids is 1. The molecule has 1 aromatic heterocycles. The van der Waals surface area contributed by atoms with Gasteiger partial charge in [0.1, 0.15) is 5.82 Å². The molecule has 0 atom stereocenters. The highest BCUT2D eigenvalue weighted by molar-refractivity contribution is 9.10. The van der Waals surface area contributed by atoms with Crippen molar-refractivity contribution in [2.24, 2.45) is 0 Å². The number of hydrogen-bond donors (Lipinski definition) is 2. The van der Waals surface area contributed by atoms with Crippen LogP contribution < -0.4 is 15.8 Å². The molecule has 0 aliphatic heterocycles. The molecule has 110 valence electrons. The van der Waals surface area contributed by atoms with Gasteiger partial charge in [0.25, 0.3) is 5.91 Å². The molecule has 0 saturated heterocycles. The van der Waals surface area contributed by atoms with Crippen LogP contribution in [0.5, 0.6) is 5.75 Å². The van der Waals surface area contributed by atoms with Crippen LogP contribution in [-0.2, 0) is 0 Å². The van der Waals surface area contributed by atoms with Crippen molar-refractivity contribution >= 4 is 33.3 Å². The highest BCUT2D eigenvalue weighted by Gasteiger charge is 2.15. The number of hydrogen-bond acceptors (Lipinski definition) is 4. The minimum atomic E-state index is -0.306. The average Bonchev–Trinajstić information content (AvgIpc) is 2.45. The lowest BCUT2D eigenvalue weighted by Gasteiger charge is -2.12. The quantitative estimate of drug-likeness (QED) is 0.829. The van der Waals surface area contributed by atoms with Crippen molar-refractivity contribution in [2.45, 2.75) is 13.8 Å². The van der Waals surface area contributed by atoms with E-state index < -0.39 is 0 Å². The number of aromatic nitrogens is 1. The fraction of sp³-hybridized carbons (Fsp3) is 0.200. The fourth-order valence-corrected chi connectivity index (χ4v) is 2.06. The molecule has 1 heterocycles. The highest BCUT2D eigenvalue weighted by Crippen LogP contribution is 2.27. The van der Waals surface area contributed by atoms with Crippen LogP contribution in [-0.4, -0.2) is 17.5 Å². The van der Waals surface area contributed by atoms with Crippen LogP contribution in [0.25, 0.3) is 0 Å². The van der Waals surface area contributed by atoms with E-state index in [0.29, 0.717) is 29.4 Å². The summed E-state index contributed by atoms with van der Waals surface area (Å²) in [4.78, 5) is 16.6. The maximum atomic E-state index is 12.4. The number of rotatable bonds is 4. The van der Waals surface area contributed by atoms with E-state index in [0.717, 1.165) is 10.2 Å². The van der Waals surface area contributed by atoms with E-state index in [2.05, 4.69) is 26.2 Å². The Balaban J connectivity index is 2.28. The Morgan fingerprint density at radius 2 is 2.14 bits per heavy atom. The molecule has 0 fully saturated rings. The predicted octanol–water partition coefficient (Wildman–Crippen LogP) is 3.39. The second-order valence-electron chi connectivity index (χ2n) is 4.37. The van der Waals surface area contributed by atoms with Gasteiger partial charge in [0.05, 0.1) is 23.6 Å². The topological polar surface area (TPSA) is 77.2 Å². The zero-order valence-electron chi connectivity index (χ0n) is 11.8. The SMILES string of the molecule is CCOc1c(N)cccc1C(=O)Nc1ccc(Br)c(C)n1. The number of nitrogen functional groups attached to an aromatic ring is 1. The highest BCUT2D eigenvalue weighted by atomic mass is 79.9. The first-order chi connectivity index (χ1) is 10.0. The van der Waals surface area contributed by atoms with Gasteiger partial charge < -0.3 is 15.8 Å². The number of anilines is 2. The van der Waals surface area contributed by atoms with Gasteiger partial charge in [0, 0.05) is 4.47 Å². The first-order valence-corrected chi connectivity index (χ1v) is 7.28. The van der Waals surface area contributed by atoms with Crippen molar-refractivity contribution in [3.63, 3.8) is 0 Å². The van der Waals surface area contributed by atoms with Crippen molar-refractivity contribution in [3.8, 4) is 5.75 Å². The Labute approximate surface area is 131 Å². The van der Waals surface area contributed by atoms with E-state index in [1.54, 1.807) is 24.3 Å². The van der Waals surface area contributed by atoms with Gasteiger partial charge in [-0.25, -0.2) is 4.98 Å². The van der Waals surface area contributed by atoms with Gasteiger partial charge in [-0.15, -0.1) is 0 Å². The predicted molar refractivity (Wildman–Crippen MR) is 86.7 cm³/mol. The standard InChI is InChI=1S/C15H16BrN3O2/c1-3-21-14-10(5-4-6-12(14)17)15(20)19-13-8-7-11(16)9(2)18-13/h4-8H,3,17H2,1-2H3,(H,18,19,20). The third-order valence-corrected chi connectivity index (χ3v) is 3.68. The molecule has 0 spiro atoms. The van der Waals surface area contributed by atoms with Crippen LogP contribution in [0, 0.1) is 6.92 Å². The molecular formula is C15H16BrN3O2. The summed E-state index contributed by atoms with van der Waals surface area (Å²) in [5.74, 6) is 0.567.